The number of hydrogen-bond acceptors (Lipinski definition) is 3. The molecular weight excluding hydrogens is 416 g/mol. The Balaban J connectivity index is 1.36. The van der Waals surface area contributed by atoms with Crippen molar-refractivity contribution in [2.75, 3.05) is 27.2 Å². The zero-order chi connectivity index (χ0) is 19.7. The lowest BCUT2D eigenvalue weighted by Crippen LogP contribution is -2.32. The second-order valence-electron chi connectivity index (χ2n) is 7.72. The minimum absolute atomic E-state index is 0.0563. The van der Waals surface area contributed by atoms with Gasteiger partial charge >= 0.3 is 0 Å². The summed E-state index contributed by atoms with van der Waals surface area (Å²) in [7, 11) is 3.57. The number of hydrogen-bond donors (Lipinski definition) is 1. The van der Waals surface area contributed by atoms with Crippen molar-refractivity contribution in [2.24, 2.45) is 0 Å². The zero-order valence-corrected chi connectivity index (χ0v) is 17.9. The predicted molar refractivity (Wildman–Crippen MR) is 116 cm³/mol. The van der Waals surface area contributed by atoms with E-state index in [1.165, 1.54) is 11.3 Å². The number of nitrogens with zero attached hydrogens (tertiary/aromatic N) is 3. The summed E-state index contributed by atoms with van der Waals surface area (Å²) in [6, 6.07) is 12.3. The van der Waals surface area contributed by atoms with Gasteiger partial charge < -0.3 is 9.88 Å². The number of carbonyl (C=O) groups excluding carboxylic acids is 1. The summed E-state index contributed by atoms with van der Waals surface area (Å²) in [6.45, 7) is 3.08. The molecule has 1 aliphatic heterocycles. The molecule has 1 aliphatic rings. The normalized spacial score (nSPS) is 15.8. The van der Waals surface area contributed by atoms with E-state index in [1.54, 1.807) is 19.0 Å². The van der Waals surface area contributed by atoms with Crippen molar-refractivity contribution >= 4 is 32.9 Å². The third kappa shape index (κ3) is 3.98. The molecule has 0 atom stereocenters. The van der Waals surface area contributed by atoms with Gasteiger partial charge in [0.05, 0.1) is 0 Å². The Morgan fingerprint density at radius 2 is 1.93 bits per heavy atom. The van der Waals surface area contributed by atoms with Gasteiger partial charge in [-0.15, -0.1) is 0 Å². The Hall–Kier alpha value is -2.18. The molecule has 0 radical (unpaired) electrons. The van der Waals surface area contributed by atoms with Crippen molar-refractivity contribution in [3.05, 3.63) is 63.9 Å². The van der Waals surface area contributed by atoms with Crippen molar-refractivity contribution < 1.29 is 4.79 Å². The lowest BCUT2D eigenvalue weighted by atomic mass is 9.89. The van der Waals surface area contributed by atoms with Crippen LogP contribution in [-0.4, -0.2) is 52.9 Å². The molecule has 1 saturated heterocycles. The molecule has 1 N–H and O–H groups in total. The van der Waals surface area contributed by atoms with Crippen LogP contribution in [0.1, 0.15) is 40.4 Å². The molecule has 6 heteroatoms. The molecule has 1 amide bonds. The van der Waals surface area contributed by atoms with Crippen molar-refractivity contribution in [1.29, 1.82) is 0 Å². The van der Waals surface area contributed by atoms with Crippen molar-refractivity contribution in [2.45, 2.75) is 25.3 Å². The molecule has 0 aliphatic carbocycles. The highest BCUT2D eigenvalue weighted by atomic mass is 79.9. The first-order valence-corrected chi connectivity index (χ1v) is 10.5. The number of amides is 1. The Bertz CT molecular complexity index is 972. The Labute approximate surface area is 173 Å². The van der Waals surface area contributed by atoms with Gasteiger partial charge in [-0.1, -0.05) is 12.1 Å². The van der Waals surface area contributed by atoms with Crippen LogP contribution in [0, 0.1) is 0 Å². The summed E-state index contributed by atoms with van der Waals surface area (Å²) in [4.78, 5) is 24.0. The van der Waals surface area contributed by atoms with Crippen molar-refractivity contribution in [1.82, 2.24) is 19.8 Å². The number of carbonyl (C=O) groups is 1. The lowest BCUT2D eigenvalue weighted by Gasteiger charge is -2.32. The fraction of sp³-hybridized carbons (Fsp3) is 0.364. The number of halogens is 1. The van der Waals surface area contributed by atoms with Gasteiger partial charge in [0.25, 0.3) is 5.91 Å². The Morgan fingerprint density at radius 1 is 1.21 bits per heavy atom. The predicted octanol–water partition coefficient (Wildman–Crippen LogP) is 4.41. The molecule has 0 saturated carbocycles. The highest BCUT2D eigenvalue weighted by molar-refractivity contribution is 9.10. The van der Waals surface area contributed by atoms with Crippen LogP contribution >= 0.6 is 15.9 Å². The molecule has 3 aromatic rings. The van der Waals surface area contributed by atoms with Crippen molar-refractivity contribution in [3.8, 4) is 0 Å². The van der Waals surface area contributed by atoms with Crippen molar-refractivity contribution in [3.63, 3.8) is 0 Å². The first kappa shape index (κ1) is 19.2. The maximum Gasteiger partial charge on any atom is 0.253 e. The van der Waals surface area contributed by atoms with Crippen LogP contribution in [0.3, 0.4) is 0 Å². The lowest BCUT2D eigenvalue weighted by molar-refractivity contribution is 0.0827. The first-order valence-electron chi connectivity index (χ1n) is 9.67. The molecule has 5 nitrogen and oxygen atoms in total. The average molecular weight is 441 g/mol. The van der Waals surface area contributed by atoms with Gasteiger partial charge in [-0.2, -0.15) is 0 Å². The van der Waals surface area contributed by atoms with Crippen LogP contribution in [-0.2, 0) is 6.54 Å². The van der Waals surface area contributed by atoms with Gasteiger partial charge in [0, 0.05) is 48.0 Å². The van der Waals surface area contributed by atoms with Crippen LogP contribution < -0.4 is 0 Å². The Kier molecular flexibility index (Phi) is 5.51. The smallest absolute Gasteiger partial charge is 0.253 e. The van der Waals surface area contributed by atoms with E-state index in [0.29, 0.717) is 5.92 Å². The third-order valence-electron chi connectivity index (χ3n) is 5.55. The number of benzene rings is 1. The minimum atomic E-state index is 0.0563. The molecule has 0 spiro atoms. The summed E-state index contributed by atoms with van der Waals surface area (Å²) in [5.41, 5.74) is 4.24. The molecule has 2 aromatic heterocycles. The van der Waals surface area contributed by atoms with Gasteiger partial charge in [-0.05, 0) is 77.6 Å². The van der Waals surface area contributed by atoms with E-state index >= 15 is 0 Å². The van der Waals surface area contributed by atoms with E-state index in [0.717, 1.165) is 53.5 Å². The van der Waals surface area contributed by atoms with E-state index < -0.39 is 0 Å². The van der Waals surface area contributed by atoms with E-state index in [-0.39, 0.29) is 5.91 Å². The zero-order valence-electron chi connectivity index (χ0n) is 16.3. The highest BCUT2D eigenvalue weighted by Gasteiger charge is 2.21. The van der Waals surface area contributed by atoms with Crippen LogP contribution in [0.5, 0.6) is 0 Å². The fourth-order valence-electron chi connectivity index (χ4n) is 3.96. The second-order valence-corrected chi connectivity index (χ2v) is 8.58. The Morgan fingerprint density at radius 3 is 2.57 bits per heavy atom. The standard InChI is InChI=1S/C22H25BrN4O/c1-26(2)22(28)17-5-3-15(4-6-17)16-8-11-27(12-9-16)14-18-13-19-20(23)7-10-24-21(19)25-18/h3-7,10,13,16H,8-9,11-12,14H2,1-2H3,(H,24,25). The quantitative estimate of drug-likeness (QED) is 0.653. The van der Waals surface area contributed by atoms with Crippen LogP contribution in [0.4, 0.5) is 0 Å². The molecule has 3 heterocycles. The van der Waals surface area contributed by atoms with Crippen LogP contribution in [0.15, 0.2) is 47.1 Å². The summed E-state index contributed by atoms with van der Waals surface area (Å²) in [5, 5.41) is 1.14. The number of aromatic nitrogens is 2. The highest BCUT2D eigenvalue weighted by Crippen LogP contribution is 2.30. The van der Waals surface area contributed by atoms with Crippen LogP contribution in [0.2, 0.25) is 0 Å². The molecule has 0 unspecified atom stereocenters. The summed E-state index contributed by atoms with van der Waals surface area (Å²) < 4.78 is 1.08. The SMILES string of the molecule is CN(C)C(=O)c1ccc(C2CCN(Cc3cc4c(Br)ccnc4[nH]3)CC2)cc1. The number of likely N-dealkylation sites (tertiary alicyclic amines) is 1. The maximum absolute atomic E-state index is 12.0. The topological polar surface area (TPSA) is 52.2 Å². The third-order valence-corrected chi connectivity index (χ3v) is 6.24. The fourth-order valence-corrected chi connectivity index (χ4v) is 4.38. The summed E-state index contributed by atoms with van der Waals surface area (Å²) in [5.74, 6) is 0.624. The molecule has 28 heavy (non-hydrogen) atoms. The average Bonchev–Trinajstić information content (AvgIpc) is 3.12. The number of H-pyrrole nitrogens is 1. The van der Waals surface area contributed by atoms with Gasteiger partial charge in [0.1, 0.15) is 5.65 Å². The molecule has 1 fully saturated rings. The van der Waals surface area contributed by atoms with Gasteiger partial charge in [-0.25, -0.2) is 4.98 Å². The van der Waals surface area contributed by atoms with E-state index in [9.17, 15) is 4.79 Å². The van der Waals surface area contributed by atoms with E-state index in [2.05, 4.69) is 49.0 Å². The maximum atomic E-state index is 12.0. The molecule has 1 aromatic carbocycles. The number of pyridine rings is 1. The largest absolute Gasteiger partial charge is 0.345 e. The number of aromatic amines is 1. The second kappa shape index (κ2) is 8.05. The minimum Gasteiger partial charge on any atom is -0.345 e. The number of rotatable bonds is 4. The molecule has 4 rings (SSSR count). The van der Waals surface area contributed by atoms with Crippen LogP contribution in [0.25, 0.3) is 11.0 Å². The molecule has 0 bridgehead atoms. The van der Waals surface area contributed by atoms with Gasteiger partial charge in [-0.3, -0.25) is 9.69 Å². The monoisotopic (exact) mass is 440 g/mol. The van der Waals surface area contributed by atoms with Gasteiger partial charge in [0.2, 0.25) is 0 Å². The van der Waals surface area contributed by atoms with Gasteiger partial charge in [0.15, 0.2) is 0 Å². The molecular formula is C22H25BrN4O. The van der Waals surface area contributed by atoms with E-state index in [4.69, 9.17) is 0 Å². The number of piperidine rings is 1. The van der Waals surface area contributed by atoms with E-state index in [1.807, 2.05) is 24.4 Å². The summed E-state index contributed by atoms with van der Waals surface area (Å²) >= 11 is 3.59. The molecule has 146 valence electrons. The first-order chi connectivity index (χ1) is 13.5. The number of fused-ring (bicyclic) bond motifs is 1. The number of nitrogens with one attached hydrogen (secondary N) is 1. The summed E-state index contributed by atoms with van der Waals surface area (Å²) in [6.07, 6.45) is 4.10.